The minimum Gasteiger partial charge on any atom is -0.376 e. The Kier molecular flexibility index (Phi) is 5.82. The summed E-state index contributed by atoms with van der Waals surface area (Å²) in [6.45, 7) is 4.01. The van der Waals surface area contributed by atoms with Crippen molar-refractivity contribution in [1.29, 1.82) is 0 Å². The van der Waals surface area contributed by atoms with Gasteiger partial charge in [-0.2, -0.15) is 0 Å². The van der Waals surface area contributed by atoms with Gasteiger partial charge in [-0.3, -0.25) is 4.79 Å². The molecule has 3 N–H and O–H groups in total. The van der Waals surface area contributed by atoms with Crippen LogP contribution in [0.1, 0.15) is 16.0 Å². The van der Waals surface area contributed by atoms with Crippen LogP contribution in [0.5, 0.6) is 0 Å². The highest BCUT2D eigenvalue weighted by Gasteiger charge is 2.11. The Morgan fingerprint density at radius 2 is 1.81 bits per heavy atom. The molecule has 0 spiro atoms. The van der Waals surface area contributed by atoms with E-state index in [9.17, 15) is 13.6 Å². The molecule has 0 radical (unpaired) electrons. The Bertz CT molecular complexity index is 1300. The number of fused-ring (bicyclic) bond motifs is 1. The van der Waals surface area contributed by atoms with E-state index in [4.69, 9.17) is 5.73 Å². The van der Waals surface area contributed by atoms with Crippen LogP contribution in [-0.4, -0.2) is 12.5 Å². The van der Waals surface area contributed by atoms with E-state index in [1.807, 2.05) is 30.3 Å². The second kappa shape index (κ2) is 8.70. The number of carbonyl (C=O) groups is 1. The molecular weight excluding hydrogens is 414 g/mol. The number of benzene rings is 3. The van der Waals surface area contributed by atoms with Crippen LogP contribution < -0.4 is 11.1 Å². The van der Waals surface area contributed by atoms with Crippen molar-refractivity contribution >= 4 is 33.0 Å². The maximum absolute atomic E-state index is 13.6. The molecular formula is C25H20F2N2OS. The first-order valence-corrected chi connectivity index (χ1v) is 10.5. The second-order valence-electron chi connectivity index (χ2n) is 7.23. The summed E-state index contributed by atoms with van der Waals surface area (Å²) >= 11 is 1.64. The lowest BCUT2D eigenvalue weighted by Crippen LogP contribution is -2.27. The number of halogens is 2. The van der Waals surface area contributed by atoms with Gasteiger partial charge in [0.1, 0.15) is 0 Å². The Morgan fingerprint density at radius 3 is 2.58 bits per heavy atom. The third kappa shape index (κ3) is 4.64. The maximum atomic E-state index is 13.6. The van der Waals surface area contributed by atoms with Crippen molar-refractivity contribution < 1.29 is 13.6 Å². The van der Waals surface area contributed by atoms with Gasteiger partial charge in [-0.25, -0.2) is 8.78 Å². The van der Waals surface area contributed by atoms with Crippen LogP contribution in [0.4, 0.5) is 8.78 Å². The molecule has 4 rings (SSSR count). The lowest BCUT2D eigenvalue weighted by atomic mass is 9.99. The van der Waals surface area contributed by atoms with E-state index >= 15 is 0 Å². The van der Waals surface area contributed by atoms with Crippen LogP contribution in [0.2, 0.25) is 0 Å². The van der Waals surface area contributed by atoms with E-state index in [0.29, 0.717) is 12.1 Å². The highest BCUT2D eigenvalue weighted by molar-refractivity contribution is 7.19. The Labute approximate surface area is 182 Å². The van der Waals surface area contributed by atoms with E-state index in [-0.39, 0.29) is 6.54 Å². The lowest BCUT2D eigenvalue weighted by molar-refractivity contribution is -0.117. The van der Waals surface area contributed by atoms with Crippen molar-refractivity contribution in [3.05, 3.63) is 101 Å². The minimum atomic E-state index is -0.839. The molecule has 0 bridgehead atoms. The molecule has 0 atom stereocenters. The predicted molar refractivity (Wildman–Crippen MR) is 123 cm³/mol. The number of rotatable bonds is 7. The zero-order valence-electron chi connectivity index (χ0n) is 16.6. The molecule has 156 valence electrons. The van der Waals surface area contributed by atoms with Crippen molar-refractivity contribution in [1.82, 2.24) is 5.32 Å². The number of thiophene rings is 1. The number of carbonyl (C=O) groups excluding carboxylic acids is 1. The first-order valence-electron chi connectivity index (χ1n) is 9.68. The predicted octanol–water partition coefficient (Wildman–Crippen LogP) is 5.48. The summed E-state index contributed by atoms with van der Waals surface area (Å²) in [7, 11) is 0. The summed E-state index contributed by atoms with van der Waals surface area (Å²) in [5.74, 6) is -2.12. The number of amides is 1. The molecule has 3 nitrogen and oxygen atoms in total. The summed E-state index contributed by atoms with van der Waals surface area (Å²) in [4.78, 5) is 12.1. The van der Waals surface area contributed by atoms with Crippen LogP contribution in [-0.2, 0) is 11.2 Å². The van der Waals surface area contributed by atoms with Crippen LogP contribution >= 0.6 is 11.3 Å². The van der Waals surface area contributed by atoms with Gasteiger partial charge < -0.3 is 11.1 Å². The molecule has 0 aliphatic heterocycles. The van der Waals surface area contributed by atoms with Crippen LogP contribution in [0.15, 0.2) is 73.3 Å². The van der Waals surface area contributed by atoms with Crippen molar-refractivity contribution in [3.8, 4) is 11.1 Å². The van der Waals surface area contributed by atoms with Crippen molar-refractivity contribution in [2.75, 3.05) is 6.54 Å². The van der Waals surface area contributed by atoms with Crippen molar-refractivity contribution in [3.63, 3.8) is 0 Å². The van der Waals surface area contributed by atoms with Gasteiger partial charge in [-0.1, -0.05) is 43.0 Å². The normalized spacial score (nSPS) is 10.9. The largest absolute Gasteiger partial charge is 0.376 e. The Morgan fingerprint density at radius 1 is 1.00 bits per heavy atom. The fourth-order valence-corrected chi connectivity index (χ4v) is 4.60. The summed E-state index contributed by atoms with van der Waals surface area (Å²) in [6, 6.07) is 20.1. The molecule has 1 heterocycles. The Balaban J connectivity index is 1.66. The monoisotopic (exact) mass is 434 g/mol. The molecule has 0 saturated heterocycles. The Hall–Kier alpha value is -3.51. The van der Waals surface area contributed by atoms with E-state index in [0.717, 1.165) is 43.3 Å². The molecule has 0 fully saturated rings. The van der Waals surface area contributed by atoms with Gasteiger partial charge in [0.2, 0.25) is 5.91 Å². The molecule has 31 heavy (non-hydrogen) atoms. The van der Waals surface area contributed by atoms with Gasteiger partial charge in [-0.15, -0.1) is 11.3 Å². The third-order valence-electron chi connectivity index (χ3n) is 4.97. The summed E-state index contributed by atoms with van der Waals surface area (Å²) < 4.78 is 27.9. The molecule has 1 amide bonds. The SMILES string of the molecule is C=C(NCC(N)=O)c1cccc(-c2cccc3sc(Cc4ccc(F)c(F)c4)cc23)c1. The molecule has 1 aromatic heterocycles. The second-order valence-corrected chi connectivity index (χ2v) is 8.40. The van der Waals surface area contributed by atoms with Gasteiger partial charge in [-0.05, 0) is 52.6 Å². The molecule has 4 aromatic rings. The van der Waals surface area contributed by atoms with Crippen molar-refractivity contribution in [2.45, 2.75) is 6.42 Å². The quantitative estimate of drug-likeness (QED) is 0.405. The number of hydrogen-bond donors (Lipinski definition) is 2. The highest BCUT2D eigenvalue weighted by atomic mass is 32.1. The highest BCUT2D eigenvalue weighted by Crippen LogP contribution is 2.35. The smallest absolute Gasteiger partial charge is 0.236 e. The number of hydrogen-bond acceptors (Lipinski definition) is 3. The minimum absolute atomic E-state index is 0.0243. The first kappa shape index (κ1) is 20.8. The molecule has 6 heteroatoms. The number of primary amides is 1. The summed E-state index contributed by atoms with van der Waals surface area (Å²) in [5.41, 5.74) is 9.49. The number of nitrogens with one attached hydrogen (secondary N) is 1. The average Bonchev–Trinajstić information content (AvgIpc) is 3.17. The first-order chi connectivity index (χ1) is 14.9. The topological polar surface area (TPSA) is 55.1 Å². The van der Waals surface area contributed by atoms with Crippen molar-refractivity contribution in [2.24, 2.45) is 5.73 Å². The molecule has 0 aliphatic carbocycles. The van der Waals surface area contributed by atoms with E-state index in [1.54, 1.807) is 17.4 Å². The molecule has 0 unspecified atom stereocenters. The molecule has 0 saturated carbocycles. The molecule has 3 aromatic carbocycles. The van der Waals surface area contributed by atoms with E-state index in [1.165, 1.54) is 6.07 Å². The van der Waals surface area contributed by atoms with Crippen LogP contribution in [0.25, 0.3) is 26.9 Å². The van der Waals surface area contributed by atoms with E-state index < -0.39 is 17.5 Å². The fourth-order valence-electron chi connectivity index (χ4n) is 3.47. The summed E-state index contributed by atoms with van der Waals surface area (Å²) in [6.07, 6.45) is 0.532. The maximum Gasteiger partial charge on any atom is 0.236 e. The average molecular weight is 435 g/mol. The molecule has 0 aliphatic rings. The lowest BCUT2D eigenvalue weighted by Gasteiger charge is -2.10. The standard InChI is InChI=1S/C25H20F2N2OS/c1-15(29-14-25(28)30)17-4-2-5-18(12-17)20-6-3-7-24-21(20)13-19(31-24)10-16-8-9-22(26)23(27)11-16/h2-9,11-13,29H,1,10,14H2,(H2,28,30). The van der Waals surface area contributed by atoms with Crippen LogP contribution in [0.3, 0.4) is 0 Å². The number of nitrogens with two attached hydrogens (primary N) is 1. The van der Waals surface area contributed by atoms with Crippen LogP contribution in [0, 0.1) is 11.6 Å². The van der Waals surface area contributed by atoms with Gasteiger partial charge in [0.15, 0.2) is 11.6 Å². The van der Waals surface area contributed by atoms with Gasteiger partial charge in [0.05, 0.1) is 6.54 Å². The summed E-state index contributed by atoms with van der Waals surface area (Å²) in [5, 5.41) is 4.03. The van der Waals surface area contributed by atoms with Gasteiger partial charge in [0.25, 0.3) is 0 Å². The van der Waals surface area contributed by atoms with E-state index in [2.05, 4.69) is 30.1 Å². The van der Waals surface area contributed by atoms with Gasteiger partial charge >= 0.3 is 0 Å². The fraction of sp³-hybridized carbons (Fsp3) is 0.0800. The van der Waals surface area contributed by atoms with Gasteiger partial charge in [0, 0.05) is 27.1 Å². The third-order valence-corrected chi connectivity index (χ3v) is 6.07. The zero-order valence-corrected chi connectivity index (χ0v) is 17.4. The zero-order chi connectivity index (χ0) is 22.0.